The molecular formula is C23H24ClN3O3S. The minimum atomic E-state index is -0.540. The first-order chi connectivity index (χ1) is 15.0. The molecular weight excluding hydrogens is 434 g/mol. The second-order valence-corrected chi connectivity index (χ2v) is 9.04. The lowest BCUT2D eigenvalue weighted by molar-refractivity contribution is 0.0602. The number of ether oxygens (including phenoxy) is 1. The molecule has 2 N–H and O–H groups in total. The molecule has 0 saturated heterocycles. The highest BCUT2D eigenvalue weighted by atomic mass is 35.5. The fraction of sp³-hybridized carbons (Fsp3) is 0.304. The van der Waals surface area contributed by atoms with Crippen LogP contribution in [0.3, 0.4) is 0 Å². The number of hydrogen-bond donors (Lipinski definition) is 2. The molecule has 1 aliphatic carbocycles. The van der Waals surface area contributed by atoms with Crippen LogP contribution in [0.2, 0.25) is 5.02 Å². The number of esters is 1. The van der Waals surface area contributed by atoms with E-state index in [1.807, 2.05) is 31.5 Å². The summed E-state index contributed by atoms with van der Waals surface area (Å²) in [6.07, 6.45) is 8.52. The van der Waals surface area contributed by atoms with Crippen molar-refractivity contribution < 1.29 is 14.3 Å². The van der Waals surface area contributed by atoms with Crippen molar-refractivity contribution in [3.63, 3.8) is 0 Å². The quantitative estimate of drug-likeness (QED) is 0.480. The van der Waals surface area contributed by atoms with Crippen molar-refractivity contribution in [1.82, 2.24) is 9.88 Å². The van der Waals surface area contributed by atoms with E-state index < -0.39 is 12.0 Å². The van der Waals surface area contributed by atoms with E-state index in [9.17, 15) is 9.59 Å². The number of carbonyl (C=O) groups excluding carboxylic acids is 2. The predicted molar refractivity (Wildman–Crippen MR) is 124 cm³/mol. The van der Waals surface area contributed by atoms with E-state index in [0.717, 1.165) is 29.8 Å². The Morgan fingerprint density at radius 2 is 1.94 bits per heavy atom. The number of rotatable bonds is 5. The molecule has 3 aromatic rings. The van der Waals surface area contributed by atoms with Gasteiger partial charge in [-0.3, -0.25) is 0 Å². The van der Waals surface area contributed by atoms with Crippen molar-refractivity contribution in [2.24, 2.45) is 0 Å². The monoisotopic (exact) mass is 457 g/mol. The van der Waals surface area contributed by atoms with Crippen molar-refractivity contribution in [2.75, 3.05) is 12.4 Å². The SMILES string of the molecule is COC(=O)c1ccc(Cl)cc1NC(=O)NC(C)c1c(-n2cccc2)sc2c1CCCC2. The number of aryl methyl sites for hydroxylation is 1. The van der Waals surface area contributed by atoms with Gasteiger partial charge >= 0.3 is 12.0 Å². The molecule has 0 radical (unpaired) electrons. The molecule has 2 heterocycles. The van der Waals surface area contributed by atoms with Crippen molar-refractivity contribution in [1.29, 1.82) is 0 Å². The third-order valence-corrected chi connectivity index (χ3v) is 7.00. The summed E-state index contributed by atoms with van der Waals surface area (Å²) in [5.41, 5.74) is 3.06. The fourth-order valence-electron chi connectivity index (χ4n) is 4.02. The van der Waals surface area contributed by atoms with Gasteiger partial charge in [-0.05, 0) is 68.5 Å². The highest BCUT2D eigenvalue weighted by Gasteiger charge is 2.26. The maximum atomic E-state index is 12.8. The summed E-state index contributed by atoms with van der Waals surface area (Å²) in [4.78, 5) is 26.3. The summed E-state index contributed by atoms with van der Waals surface area (Å²) in [6.45, 7) is 1.99. The Kier molecular flexibility index (Phi) is 6.34. The van der Waals surface area contributed by atoms with Gasteiger partial charge in [0.2, 0.25) is 0 Å². The molecule has 0 fully saturated rings. The molecule has 0 spiro atoms. The number of amides is 2. The Bertz CT molecular complexity index is 1110. The minimum absolute atomic E-state index is 0.212. The maximum absolute atomic E-state index is 12.8. The van der Waals surface area contributed by atoms with Gasteiger partial charge in [0, 0.05) is 27.9 Å². The molecule has 4 rings (SSSR count). The number of hydrogen-bond acceptors (Lipinski definition) is 4. The number of carbonyl (C=O) groups is 2. The minimum Gasteiger partial charge on any atom is -0.465 e. The first-order valence-electron chi connectivity index (χ1n) is 10.2. The Labute approximate surface area is 190 Å². The summed E-state index contributed by atoms with van der Waals surface area (Å²) in [6, 6.07) is 8.04. The van der Waals surface area contributed by atoms with Crippen LogP contribution in [0.15, 0.2) is 42.7 Å². The zero-order valence-electron chi connectivity index (χ0n) is 17.4. The van der Waals surface area contributed by atoms with Gasteiger partial charge in [-0.25, -0.2) is 9.59 Å². The lowest BCUT2D eigenvalue weighted by Crippen LogP contribution is -2.32. The van der Waals surface area contributed by atoms with Gasteiger partial charge in [0.05, 0.1) is 24.4 Å². The third-order valence-electron chi connectivity index (χ3n) is 5.45. The summed E-state index contributed by atoms with van der Waals surface area (Å²) in [5.74, 6) is -0.540. The first-order valence-corrected chi connectivity index (χ1v) is 11.4. The normalized spacial score (nSPS) is 13.9. The molecule has 162 valence electrons. The van der Waals surface area contributed by atoms with Gasteiger partial charge in [-0.1, -0.05) is 11.6 Å². The van der Waals surface area contributed by atoms with Crippen LogP contribution in [-0.2, 0) is 17.6 Å². The number of urea groups is 1. The van der Waals surface area contributed by atoms with Gasteiger partial charge < -0.3 is 19.9 Å². The molecule has 2 aromatic heterocycles. The van der Waals surface area contributed by atoms with E-state index in [-0.39, 0.29) is 11.6 Å². The summed E-state index contributed by atoms with van der Waals surface area (Å²) >= 11 is 7.87. The second-order valence-electron chi connectivity index (χ2n) is 7.52. The number of fused-ring (bicyclic) bond motifs is 1. The highest BCUT2D eigenvalue weighted by molar-refractivity contribution is 7.15. The molecule has 0 aliphatic heterocycles. The zero-order chi connectivity index (χ0) is 22.0. The standard InChI is InChI=1S/C23H24ClN3O3S/c1-14(25-23(29)26-18-13-15(24)9-10-16(18)22(28)30-2)20-17-7-3-4-8-19(17)31-21(20)27-11-5-6-12-27/h5-6,9-14H,3-4,7-8H2,1-2H3,(H2,25,26,29). The van der Waals surface area contributed by atoms with Gasteiger partial charge in [0.25, 0.3) is 0 Å². The van der Waals surface area contributed by atoms with Crippen molar-refractivity contribution in [3.05, 3.63) is 69.3 Å². The molecule has 0 bridgehead atoms. The van der Waals surface area contributed by atoms with Crippen LogP contribution in [0.5, 0.6) is 0 Å². The Hall–Kier alpha value is -2.77. The Morgan fingerprint density at radius 3 is 2.68 bits per heavy atom. The Morgan fingerprint density at radius 1 is 1.19 bits per heavy atom. The molecule has 0 saturated carbocycles. The number of benzene rings is 1. The number of halogens is 1. The molecule has 2 amide bonds. The van der Waals surface area contributed by atoms with E-state index in [1.165, 1.54) is 36.1 Å². The van der Waals surface area contributed by atoms with Crippen LogP contribution in [0.1, 0.15) is 52.2 Å². The molecule has 8 heteroatoms. The smallest absolute Gasteiger partial charge is 0.339 e. The van der Waals surface area contributed by atoms with Crippen molar-refractivity contribution in [3.8, 4) is 5.00 Å². The van der Waals surface area contributed by atoms with E-state index in [1.54, 1.807) is 17.4 Å². The lowest BCUT2D eigenvalue weighted by atomic mass is 9.93. The number of methoxy groups -OCH3 is 1. The fourth-order valence-corrected chi connectivity index (χ4v) is 5.64. The van der Waals surface area contributed by atoms with Gasteiger partial charge in [-0.2, -0.15) is 0 Å². The number of nitrogens with zero attached hydrogens (tertiary/aromatic N) is 1. The molecule has 1 unspecified atom stereocenters. The van der Waals surface area contributed by atoms with E-state index in [0.29, 0.717) is 10.7 Å². The Balaban J connectivity index is 1.59. The van der Waals surface area contributed by atoms with Crippen LogP contribution in [-0.4, -0.2) is 23.7 Å². The summed E-state index contributed by atoms with van der Waals surface area (Å²) in [7, 11) is 1.30. The summed E-state index contributed by atoms with van der Waals surface area (Å²) in [5, 5.41) is 7.35. The maximum Gasteiger partial charge on any atom is 0.339 e. The van der Waals surface area contributed by atoms with Crippen LogP contribution < -0.4 is 10.6 Å². The number of anilines is 1. The van der Waals surface area contributed by atoms with Crippen LogP contribution in [0, 0.1) is 0 Å². The van der Waals surface area contributed by atoms with Crippen LogP contribution >= 0.6 is 22.9 Å². The van der Waals surface area contributed by atoms with Crippen molar-refractivity contribution >= 4 is 40.6 Å². The largest absolute Gasteiger partial charge is 0.465 e. The van der Waals surface area contributed by atoms with Gasteiger partial charge in [-0.15, -0.1) is 11.3 Å². The number of nitrogens with one attached hydrogen (secondary N) is 2. The number of thiophene rings is 1. The lowest BCUT2D eigenvalue weighted by Gasteiger charge is -2.20. The van der Waals surface area contributed by atoms with Crippen LogP contribution in [0.25, 0.3) is 5.00 Å². The van der Waals surface area contributed by atoms with E-state index >= 15 is 0 Å². The van der Waals surface area contributed by atoms with E-state index in [4.69, 9.17) is 16.3 Å². The zero-order valence-corrected chi connectivity index (χ0v) is 19.0. The molecule has 6 nitrogen and oxygen atoms in total. The average molecular weight is 458 g/mol. The van der Waals surface area contributed by atoms with E-state index in [2.05, 4.69) is 15.2 Å². The predicted octanol–water partition coefficient (Wildman–Crippen LogP) is 5.74. The summed E-state index contributed by atoms with van der Waals surface area (Å²) < 4.78 is 6.91. The molecule has 1 atom stereocenters. The van der Waals surface area contributed by atoms with Gasteiger partial charge in [0.1, 0.15) is 5.00 Å². The average Bonchev–Trinajstić information content (AvgIpc) is 3.40. The molecule has 31 heavy (non-hydrogen) atoms. The highest BCUT2D eigenvalue weighted by Crippen LogP contribution is 2.40. The van der Waals surface area contributed by atoms with Gasteiger partial charge in [0.15, 0.2) is 0 Å². The topological polar surface area (TPSA) is 72.4 Å². The third kappa shape index (κ3) is 4.48. The second kappa shape index (κ2) is 9.16. The van der Waals surface area contributed by atoms with Crippen LogP contribution in [0.4, 0.5) is 10.5 Å². The number of aromatic nitrogens is 1. The first kappa shape index (κ1) is 21.5. The van der Waals surface area contributed by atoms with Crippen molar-refractivity contribution in [2.45, 2.75) is 38.6 Å². The molecule has 1 aromatic carbocycles. The molecule has 1 aliphatic rings.